The summed E-state index contributed by atoms with van der Waals surface area (Å²) in [7, 11) is 0. The summed E-state index contributed by atoms with van der Waals surface area (Å²) in [6, 6.07) is 4.11. The standard InChI is InChI=1S/C16H20ClF3N2/c1-11(2)9-15(22-7-5-21-6-8-22)12-3-4-14(17)13(10-12)16(18,19)20/h3-4,10,15,21H,1,5-9H2,2H3/t15-/m1/s1. The van der Waals surface area contributed by atoms with E-state index < -0.39 is 11.7 Å². The van der Waals surface area contributed by atoms with E-state index >= 15 is 0 Å². The van der Waals surface area contributed by atoms with Gasteiger partial charge >= 0.3 is 6.18 Å². The van der Waals surface area contributed by atoms with E-state index in [-0.39, 0.29) is 11.1 Å². The van der Waals surface area contributed by atoms with Crippen LogP contribution in [0.5, 0.6) is 0 Å². The van der Waals surface area contributed by atoms with Crippen LogP contribution in [0.15, 0.2) is 30.4 Å². The average Bonchev–Trinajstić information content (AvgIpc) is 2.45. The molecule has 1 saturated heterocycles. The van der Waals surface area contributed by atoms with E-state index in [1.54, 1.807) is 6.07 Å². The molecule has 6 heteroatoms. The first-order valence-corrected chi connectivity index (χ1v) is 7.62. The Balaban J connectivity index is 2.36. The molecule has 1 aromatic rings. The van der Waals surface area contributed by atoms with Crippen molar-refractivity contribution >= 4 is 11.6 Å². The summed E-state index contributed by atoms with van der Waals surface area (Å²) in [4.78, 5) is 2.20. The Morgan fingerprint density at radius 1 is 1.36 bits per heavy atom. The molecule has 1 aliphatic rings. The Labute approximate surface area is 133 Å². The number of nitrogens with zero attached hydrogens (tertiary/aromatic N) is 1. The van der Waals surface area contributed by atoms with Gasteiger partial charge in [-0.3, -0.25) is 4.90 Å². The highest BCUT2D eigenvalue weighted by Gasteiger charge is 2.34. The lowest BCUT2D eigenvalue weighted by atomic mass is 9.96. The quantitative estimate of drug-likeness (QED) is 0.828. The Morgan fingerprint density at radius 3 is 2.55 bits per heavy atom. The number of nitrogens with one attached hydrogen (secondary N) is 1. The third-order valence-corrected chi connectivity index (χ3v) is 4.14. The highest BCUT2D eigenvalue weighted by atomic mass is 35.5. The summed E-state index contributed by atoms with van der Waals surface area (Å²) < 4.78 is 39.2. The maximum atomic E-state index is 13.1. The Bertz CT molecular complexity index is 537. The molecule has 1 aliphatic heterocycles. The molecule has 0 bridgehead atoms. The average molecular weight is 333 g/mol. The second kappa shape index (κ2) is 7.02. The molecule has 0 saturated carbocycles. The zero-order chi connectivity index (χ0) is 16.3. The van der Waals surface area contributed by atoms with Crippen LogP contribution in [0.25, 0.3) is 0 Å². The number of hydrogen-bond acceptors (Lipinski definition) is 2. The zero-order valence-electron chi connectivity index (χ0n) is 12.5. The Kier molecular flexibility index (Phi) is 5.53. The molecule has 22 heavy (non-hydrogen) atoms. The lowest BCUT2D eigenvalue weighted by Crippen LogP contribution is -2.45. The largest absolute Gasteiger partial charge is 0.417 e. The number of piperazine rings is 1. The van der Waals surface area contributed by atoms with Gasteiger partial charge in [-0.2, -0.15) is 13.2 Å². The van der Waals surface area contributed by atoms with Crippen LogP contribution in [0.1, 0.15) is 30.5 Å². The molecule has 0 unspecified atom stereocenters. The fourth-order valence-electron chi connectivity index (χ4n) is 2.75. The van der Waals surface area contributed by atoms with Crippen molar-refractivity contribution in [2.75, 3.05) is 26.2 Å². The van der Waals surface area contributed by atoms with Crippen LogP contribution in [0, 0.1) is 0 Å². The molecule has 1 N–H and O–H groups in total. The summed E-state index contributed by atoms with van der Waals surface area (Å²) in [6.07, 6.45) is -3.80. The van der Waals surface area contributed by atoms with Crippen LogP contribution in [-0.4, -0.2) is 31.1 Å². The minimum Gasteiger partial charge on any atom is -0.314 e. The van der Waals surface area contributed by atoms with Gasteiger partial charge < -0.3 is 5.32 Å². The van der Waals surface area contributed by atoms with Gasteiger partial charge in [-0.1, -0.05) is 23.2 Å². The van der Waals surface area contributed by atoms with Gasteiger partial charge in [0.15, 0.2) is 0 Å². The van der Waals surface area contributed by atoms with Crippen molar-refractivity contribution < 1.29 is 13.2 Å². The third-order valence-electron chi connectivity index (χ3n) is 3.81. The van der Waals surface area contributed by atoms with E-state index in [9.17, 15) is 13.2 Å². The van der Waals surface area contributed by atoms with Gasteiger partial charge in [-0.15, -0.1) is 6.58 Å². The molecule has 0 aliphatic carbocycles. The van der Waals surface area contributed by atoms with Crippen molar-refractivity contribution in [1.29, 1.82) is 0 Å². The highest BCUT2D eigenvalue weighted by Crippen LogP contribution is 2.38. The van der Waals surface area contributed by atoms with Gasteiger partial charge in [0.2, 0.25) is 0 Å². The van der Waals surface area contributed by atoms with Crippen LogP contribution >= 0.6 is 11.6 Å². The van der Waals surface area contributed by atoms with E-state index in [0.717, 1.165) is 31.8 Å². The lowest BCUT2D eigenvalue weighted by Gasteiger charge is -2.35. The minimum absolute atomic E-state index is 0.0991. The highest BCUT2D eigenvalue weighted by molar-refractivity contribution is 6.31. The molecule has 0 aromatic heterocycles. The summed E-state index contributed by atoms with van der Waals surface area (Å²) in [5.41, 5.74) is 0.821. The fourth-order valence-corrected chi connectivity index (χ4v) is 2.97. The predicted octanol–water partition coefficient (Wildman–Crippen LogP) is 4.27. The van der Waals surface area contributed by atoms with Crippen molar-refractivity contribution in [3.8, 4) is 0 Å². The van der Waals surface area contributed by atoms with E-state index in [4.69, 9.17) is 11.6 Å². The first kappa shape index (κ1) is 17.3. The molecule has 2 rings (SSSR count). The van der Waals surface area contributed by atoms with Gasteiger partial charge in [0, 0.05) is 32.2 Å². The lowest BCUT2D eigenvalue weighted by molar-refractivity contribution is -0.137. The van der Waals surface area contributed by atoms with Gasteiger partial charge in [0.1, 0.15) is 0 Å². The van der Waals surface area contributed by atoms with Crippen LogP contribution in [0.4, 0.5) is 13.2 Å². The number of alkyl halides is 3. The maximum Gasteiger partial charge on any atom is 0.417 e. The second-order valence-corrected chi connectivity index (χ2v) is 6.11. The molecule has 0 spiro atoms. The smallest absolute Gasteiger partial charge is 0.314 e. The summed E-state index contributed by atoms with van der Waals surface area (Å²) in [5.74, 6) is 0. The molecule has 0 radical (unpaired) electrons. The number of benzene rings is 1. The van der Waals surface area contributed by atoms with E-state index in [0.29, 0.717) is 12.0 Å². The summed E-state index contributed by atoms with van der Waals surface area (Å²) in [6.45, 7) is 9.11. The van der Waals surface area contributed by atoms with Gasteiger partial charge in [-0.05, 0) is 31.0 Å². The molecule has 1 fully saturated rings. The summed E-state index contributed by atoms with van der Waals surface area (Å²) >= 11 is 5.72. The molecule has 1 heterocycles. The number of halogens is 4. The van der Waals surface area contributed by atoms with Crippen molar-refractivity contribution in [2.45, 2.75) is 25.6 Å². The van der Waals surface area contributed by atoms with Crippen molar-refractivity contribution in [3.63, 3.8) is 0 Å². The summed E-state index contributed by atoms with van der Waals surface area (Å²) in [5, 5.41) is 3.00. The van der Waals surface area contributed by atoms with Crippen LogP contribution in [0.3, 0.4) is 0 Å². The van der Waals surface area contributed by atoms with Crippen molar-refractivity contribution in [3.05, 3.63) is 46.5 Å². The topological polar surface area (TPSA) is 15.3 Å². The first-order valence-electron chi connectivity index (χ1n) is 7.25. The Hall–Kier alpha value is -1.04. The van der Waals surface area contributed by atoms with E-state index in [1.165, 1.54) is 12.1 Å². The monoisotopic (exact) mass is 332 g/mol. The maximum absolute atomic E-state index is 13.1. The molecular formula is C16H20ClF3N2. The molecular weight excluding hydrogens is 313 g/mol. The molecule has 2 nitrogen and oxygen atoms in total. The van der Waals surface area contributed by atoms with Gasteiger partial charge in [-0.25, -0.2) is 0 Å². The molecule has 122 valence electrons. The predicted molar refractivity (Wildman–Crippen MR) is 83.1 cm³/mol. The normalized spacial score (nSPS) is 18.2. The number of hydrogen-bond donors (Lipinski definition) is 1. The van der Waals surface area contributed by atoms with Crippen molar-refractivity contribution in [1.82, 2.24) is 10.2 Å². The SMILES string of the molecule is C=C(C)C[C@H](c1ccc(Cl)c(C(F)(F)F)c1)N1CCNCC1. The van der Waals surface area contributed by atoms with Crippen LogP contribution in [0.2, 0.25) is 5.02 Å². The first-order chi connectivity index (χ1) is 10.3. The Morgan fingerprint density at radius 2 is 2.00 bits per heavy atom. The van der Waals surface area contributed by atoms with Crippen LogP contribution < -0.4 is 5.32 Å². The minimum atomic E-state index is -4.44. The zero-order valence-corrected chi connectivity index (χ0v) is 13.3. The van der Waals surface area contributed by atoms with Crippen LogP contribution in [-0.2, 0) is 6.18 Å². The fraction of sp³-hybridized carbons (Fsp3) is 0.500. The molecule has 0 amide bonds. The number of rotatable bonds is 4. The van der Waals surface area contributed by atoms with Gasteiger partial charge in [0.25, 0.3) is 0 Å². The third kappa shape index (κ3) is 4.24. The second-order valence-electron chi connectivity index (χ2n) is 5.70. The molecule has 1 atom stereocenters. The van der Waals surface area contributed by atoms with Gasteiger partial charge in [0.05, 0.1) is 10.6 Å². The van der Waals surface area contributed by atoms with E-state index in [2.05, 4.69) is 16.8 Å². The van der Waals surface area contributed by atoms with Crippen molar-refractivity contribution in [2.24, 2.45) is 0 Å². The van der Waals surface area contributed by atoms with E-state index in [1.807, 2.05) is 6.92 Å². The molecule has 1 aromatic carbocycles.